The van der Waals surface area contributed by atoms with Crippen molar-refractivity contribution in [2.45, 2.75) is 0 Å². The van der Waals surface area contributed by atoms with E-state index < -0.39 is 0 Å². The maximum absolute atomic E-state index is 4.82. The summed E-state index contributed by atoms with van der Waals surface area (Å²) in [7, 11) is 0. The molecule has 1 nitrogen and oxygen atoms in total. The van der Waals surface area contributed by atoms with Gasteiger partial charge in [-0.15, -0.1) is 6.42 Å². The molecule has 11 heavy (non-hydrogen) atoms. The number of nitrogens with two attached hydrogens (primary N) is 1. The Kier molecular flexibility index (Phi) is 5.94. The average molecular weight is 137 g/mol. The van der Waals surface area contributed by atoms with Crippen molar-refractivity contribution in [2.24, 2.45) is 5.73 Å². The molecular weight excluding hydrogens is 134 g/mol. The Balaban J connectivity index is 4.04. The summed E-state index contributed by atoms with van der Waals surface area (Å²) in [5, 5.41) is 0. The van der Waals surface area contributed by atoms with Crippen LogP contribution in [0, 0.1) is 59.8 Å². The summed E-state index contributed by atoms with van der Waals surface area (Å²) in [6, 6.07) is 2.11. The molecular formula is C10H3N. The van der Waals surface area contributed by atoms with Crippen molar-refractivity contribution in [1.82, 2.24) is 0 Å². The van der Waals surface area contributed by atoms with Crippen molar-refractivity contribution >= 4 is 0 Å². The van der Waals surface area contributed by atoms with Gasteiger partial charge in [-0.3, -0.25) is 0 Å². The lowest BCUT2D eigenvalue weighted by Gasteiger charge is -1.54. The Hall–Kier alpha value is -2.40. The van der Waals surface area contributed by atoms with Crippen LogP contribution in [-0.4, -0.2) is 0 Å². The van der Waals surface area contributed by atoms with E-state index in [9.17, 15) is 0 Å². The van der Waals surface area contributed by atoms with Crippen LogP contribution in [0.25, 0.3) is 0 Å². The molecule has 0 aliphatic carbocycles. The summed E-state index contributed by atoms with van der Waals surface area (Å²) in [4.78, 5) is 0. The largest absolute Gasteiger partial charge is 0.359 e. The number of hydrogen-bond donors (Lipinski definition) is 1. The smallest absolute Gasteiger partial charge is 0.0160 e. The second-order valence-electron chi connectivity index (χ2n) is 1.16. The van der Waals surface area contributed by atoms with Crippen LogP contribution in [0.3, 0.4) is 0 Å². The molecule has 0 spiro atoms. The molecule has 0 amide bonds. The van der Waals surface area contributed by atoms with Crippen LogP contribution in [0.5, 0.6) is 0 Å². The molecule has 0 aromatic carbocycles. The Morgan fingerprint density at radius 1 is 0.727 bits per heavy atom. The zero-order valence-corrected chi connectivity index (χ0v) is 5.65. The van der Waals surface area contributed by atoms with E-state index >= 15 is 0 Å². The molecule has 0 radical (unpaired) electrons. The topological polar surface area (TPSA) is 26.0 Å². The maximum atomic E-state index is 4.82. The van der Waals surface area contributed by atoms with E-state index in [1.54, 1.807) is 0 Å². The summed E-state index contributed by atoms with van der Waals surface area (Å²) in [5.41, 5.74) is 4.82. The highest BCUT2D eigenvalue weighted by Crippen LogP contribution is 1.53. The van der Waals surface area contributed by atoms with E-state index in [2.05, 4.69) is 53.4 Å². The molecule has 0 rings (SSSR count). The van der Waals surface area contributed by atoms with Gasteiger partial charge >= 0.3 is 0 Å². The Labute approximate surface area is 66.4 Å². The quantitative estimate of drug-likeness (QED) is 0.355. The highest BCUT2D eigenvalue weighted by molar-refractivity contribution is 5.41. The van der Waals surface area contributed by atoms with Crippen LogP contribution in [0.2, 0.25) is 0 Å². The number of hydrogen-bond acceptors (Lipinski definition) is 1. The first-order valence-electron chi connectivity index (χ1n) is 2.58. The summed E-state index contributed by atoms with van der Waals surface area (Å²) in [6.07, 6.45) is 4.82. The molecule has 0 atom stereocenters. The van der Waals surface area contributed by atoms with Crippen LogP contribution in [0.1, 0.15) is 0 Å². The lowest BCUT2D eigenvalue weighted by molar-refractivity contribution is 1.75. The van der Waals surface area contributed by atoms with Crippen LogP contribution in [0.15, 0.2) is 0 Å². The van der Waals surface area contributed by atoms with E-state index in [1.165, 1.54) is 0 Å². The van der Waals surface area contributed by atoms with Gasteiger partial charge in [-0.25, -0.2) is 0 Å². The van der Waals surface area contributed by atoms with Gasteiger partial charge in [0, 0.05) is 29.7 Å². The standard InChI is InChI=1S/C10H3N/c1-2-3-4-5-6-7-8-9-10-11/h1H,11H2. The van der Waals surface area contributed by atoms with E-state index in [-0.39, 0.29) is 0 Å². The van der Waals surface area contributed by atoms with Crippen LogP contribution in [-0.2, 0) is 0 Å². The summed E-state index contributed by atoms with van der Waals surface area (Å²) in [6.45, 7) is 0. The summed E-state index contributed by atoms with van der Waals surface area (Å²) < 4.78 is 0. The summed E-state index contributed by atoms with van der Waals surface area (Å²) >= 11 is 0. The minimum atomic E-state index is 2.11. The highest BCUT2D eigenvalue weighted by atomic mass is 14.4. The van der Waals surface area contributed by atoms with Crippen molar-refractivity contribution < 1.29 is 0 Å². The van der Waals surface area contributed by atoms with Gasteiger partial charge in [-0.05, 0) is 23.7 Å². The van der Waals surface area contributed by atoms with Crippen LogP contribution in [0.4, 0.5) is 0 Å². The molecule has 0 aromatic rings. The van der Waals surface area contributed by atoms with Gasteiger partial charge in [0.1, 0.15) is 0 Å². The van der Waals surface area contributed by atoms with Gasteiger partial charge in [-0.2, -0.15) is 0 Å². The third kappa shape index (κ3) is 7.60. The first-order chi connectivity index (χ1) is 5.41. The molecule has 0 saturated carbocycles. The monoisotopic (exact) mass is 137 g/mol. The molecule has 48 valence electrons. The molecule has 0 bridgehead atoms. The molecule has 2 N–H and O–H groups in total. The second-order valence-corrected chi connectivity index (χ2v) is 1.16. The first-order valence-corrected chi connectivity index (χ1v) is 2.58. The zero-order valence-electron chi connectivity index (χ0n) is 5.65. The second kappa shape index (κ2) is 7.60. The normalized spacial score (nSPS) is 3.55. The van der Waals surface area contributed by atoms with Gasteiger partial charge in [0.25, 0.3) is 0 Å². The molecule has 0 heterocycles. The molecule has 1 heteroatoms. The third-order valence-electron chi connectivity index (χ3n) is 0.519. The minimum Gasteiger partial charge on any atom is -0.359 e. The van der Waals surface area contributed by atoms with E-state index in [0.29, 0.717) is 0 Å². The van der Waals surface area contributed by atoms with Crippen molar-refractivity contribution in [1.29, 1.82) is 0 Å². The summed E-state index contributed by atoms with van der Waals surface area (Å²) in [5.74, 6) is 18.7. The number of terminal acetylenes is 1. The molecule has 0 aliphatic heterocycles. The fourth-order valence-corrected chi connectivity index (χ4v) is 0.228. The maximum Gasteiger partial charge on any atom is 0.0160 e. The third-order valence-corrected chi connectivity index (χ3v) is 0.519. The molecule has 0 aromatic heterocycles. The van der Waals surface area contributed by atoms with Gasteiger partial charge in [0.05, 0.1) is 0 Å². The van der Waals surface area contributed by atoms with E-state index in [1.807, 2.05) is 0 Å². The van der Waals surface area contributed by atoms with Crippen molar-refractivity contribution in [3.05, 3.63) is 0 Å². The van der Waals surface area contributed by atoms with Crippen LogP contribution >= 0.6 is 0 Å². The Morgan fingerprint density at radius 2 is 1.18 bits per heavy atom. The highest BCUT2D eigenvalue weighted by Gasteiger charge is 1.53. The molecule has 0 aliphatic rings. The fourth-order valence-electron chi connectivity index (χ4n) is 0.228. The average Bonchev–Trinajstić information content (AvgIpc) is 2.03. The van der Waals surface area contributed by atoms with Crippen molar-refractivity contribution in [3.63, 3.8) is 0 Å². The first kappa shape index (κ1) is 8.60. The number of rotatable bonds is 0. The van der Waals surface area contributed by atoms with Gasteiger partial charge in [0.15, 0.2) is 0 Å². The van der Waals surface area contributed by atoms with Crippen LogP contribution < -0.4 is 5.73 Å². The molecule has 0 unspecified atom stereocenters. The van der Waals surface area contributed by atoms with Crippen molar-refractivity contribution in [3.8, 4) is 59.8 Å². The minimum absolute atomic E-state index is 2.11. The van der Waals surface area contributed by atoms with E-state index in [0.717, 1.165) is 0 Å². The van der Waals surface area contributed by atoms with E-state index in [4.69, 9.17) is 12.2 Å². The Morgan fingerprint density at radius 3 is 1.64 bits per heavy atom. The SMILES string of the molecule is C#CC#CC#CC#CC#CN. The predicted molar refractivity (Wildman–Crippen MR) is 44.1 cm³/mol. The van der Waals surface area contributed by atoms with Gasteiger partial charge in [-0.1, -0.05) is 0 Å². The van der Waals surface area contributed by atoms with Gasteiger partial charge in [0.2, 0.25) is 0 Å². The molecule has 0 fully saturated rings. The van der Waals surface area contributed by atoms with Gasteiger partial charge < -0.3 is 5.73 Å². The lowest BCUT2D eigenvalue weighted by atomic mass is 10.5. The lowest BCUT2D eigenvalue weighted by Crippen LogP contribution is -1.73. The predicted octanol–water partition coefficient (Wildman–Crippen LogP) is -0.451. The van der Waals surface area contributed by atoms with Crippen molar-refractivity contribution in [2.75, 3.05) is 0 Å². The fraction of sp³-hybridized carbons (Fsp3) is 0. The Bertz CT molecular complexity index is 391. The zero-order chi connectivity index (χ0) is 8.36. The molecule has 0 saturated heterocycles.